The molecule has 1 aliphatic heterocycles. The molecule has 0 fully saturated rings. The Morgan fingerprint density at radius 3 is 2.42 bits per heavy atom. The summed E-state index contributed by atoms with van der Waals surface area (Å²) < 4.78 is 74.0. The summed E-state index contributed by atoms with van der Waals surface area (Å²) in [4.78, 5) is 4.08. The number of rotatable bonds is 8. The molecule has 9 nitrogen and oxygen atoms in total. The number of aromatic nitrogens is 1. The molecule has 0 radical (unpaired) electrons. The number of sulfonamides is 1. The number of alkyl halides is 3. The van der Waals surface area contributed by atoms with Gasteiger partial charge in [-0.25, -0.2) is 10.5 Å². The normalized spacial score (nSPS) is 13.8. The van der Waals surface area contributed by atoms with E-state index in [-0.39, 0.29) is 22.4 Å². The van der Waals surface area contributed by atoms with Crippen molar-refractivity contribution in [3.8, 4) is 5.75 Å². The third-order valence-electron chi connectivity index (χ3n) is 5.10. The quantitative estimate of drug-likeness (QED) is 0.397. The molecule has 3 N–H and O–H groups in total. The number of hydrazine groups is 2. The number of ether oxygens (including phenoxy) is 1. The van der Waals surface area contributed by atoms with Gasteiger partial charge in [-0.05, 0) is 44.5 Å². The van der Waals surface area contributed by atoms with Gasteiger partial charge in [0.05, 0.1) is 11.3 Å². The van der Waals surface area contributed by atoms with Crippen LogP contribution in [0.1, 0.15) is 36.2 Å². The SMILES string of the molecule is Cc1csc(S(=O)(=O)N(c2ccc(C(F)(F)F)cc2OCc2ccc(C3=NNNN3)cc2)C(C)C)n1. The van der Waals surface area contributed by atoms with Gasteiger partial charge in [0.25, 0.3) is 10.0 Å². The predicted molar refractivity (Wildman–Crippen MR) is 130 cm³/mol. The number of nitrogens with one attached hydrogen (secondary N) is 3. The fraction of sp³-hybridized carbons (Fsp3) is 0.273. The van der Waals surface area contributed by atoms with Crippen molar-refractivity contribution < 1.29 is 26.3 Å². The van der Waals surface area contributed by atoms with Gasteiger partial charge in [-0.1, -0.05) is 24.3 Å². The van der Waals surface area contributed by atoms with Crippen LogP contribution in [0.15, 0.2) is 57.3 Å². The Kier molecular flexibility index (Phi) is 7.11. The molecule has 1 aliphatic rings. The number of benzene rings is 2. The molecule has 0 amide bonds. The van der Waals surface area contributed by atoms with E-state index in [0.717, 1.165) is 39.4 Å². The van der Waals surface area contributed by atoms with E-state index in [1.807, 2.05) is 0 Å². The van der Waals surface area contributed by atoms with E-state index in [4.69, 9.17) is 4.74 Å². The number of halogens is 3. The fourth-order valence-electron chi connectivity index (χ4n) is 3.46. The molecule has 2 aromatic carbocycles. The number of amidine groups is 1. The third kappa shape index (κ3) is 5.39. The minimum atomic E-state index is -4.64. The van der Waals surface area contributed by atoms with Crippen LogP contribution in [0.4, 0.5) is 18.9 Å². The standard InChI is InChI=1S/C22H23F3N6O3S2/c1-13(2)31(36(32,33)21-26-14(3)12-35-21)18-9-8-17(22(23,24)25)10-19(18)34-11-15-4-6-16(7-5-15)20-27-29-30-28-20/h4-10,12-13,29-30H,11H2,1-3H3,(H,27,28). The minimum absolute atomic E-state index is 0.0101. The molecule has 0 bridgehead atoms. The summed E-state index contributed by atoms with van der Waals surface area (Å²) >= 11 is 0.947. The Balaban J connectivity index is 1.69. The van der Waals surface area contributed by atoms with Crippen molar-refractivity contribution in [3.63, 3.8) is 0 Å². The lowest BCUT2D eigenvalue weighted by atomic mass is 10.1. The number of thiazole rings is 1. The Labute approximate surface area is 210 Å². The maximum Gasteiger partial charge on any atom is 0.416 e. The monoisotopic (exact) mass is 540 g/mol. The molecule has 1 aromatic heterocycles. The number of hydrogen-bond donors (Lipinski definition) is 3. The van der Waals surface area contributed by atoms with Crippen LogP contribution in [0, 0.1) is 6.92 Å². The highest BCUT2D eigenvalue weighted by Gasteiger charge is 2.35. The van der Waals surface area contributed by atoms with Crippen molar-refractivity contribution in [2.24, 2.45) is 5.10 Å². The topological polar surface area (TPSA) is 108 Å². The van der Waals surface area contributed by atoms with E-state index in [0.29, 0.717) is 17.1 Å². The van der Waals surface area contributed by atoms with Crippen LogP contribution < -0.4 is 25.5 Å². The molecule has 0 spiro atoms. The summed E-state index contributed by atoms with van der Waals surface area (Å²) in [6, 6.07) is 9.15. The second-order valence-corrected chi connectivity index (χ2v) is 11.0. The van der Waals surface area contributed by atoms with Gasteiger partial charge in [0.15, 0.2) is 5.84 Å². The first-order valence-electron chi connectivity index (χ1n) is 10.7. The van der Waals surface area contributed by atoms with Crippen molar-refractivity contribution in [2.75, 3.05) is 4.31 Å². The van der Waals surface area contributed by atoms with Crippen molar-refractivity contribution >= 4 is 32.9 Å². The van der Waals surface area contributed by atoms with Gasteiger partial charge >= 0.3 is 6.18 Å². The van der Waals surface area contributed by atoms with Crippen molar-refractivity contribution in [3.05, 3.63) is 70.2 Å². The molecule has 14 heteroatoms. The Morgan fingerprint density at radius 2 is 1.86 bits per heavy atom. The maximum atomic E-state index is 13.5. The number of nitrogens with zero attached hydrogens (tertiary/aromatic N) is 3. The summed E-state index contributed by atoms with van der Waals surface area (Å²) in [6.45, 7) is 4.83. The van der Waals surface area contributed by atoms with Crippen LogP contribution in [0.2, 0.25) is 0 Å². The van der Waals surface area contributed by atoms with E-state index in [9.17, 15) is 21.6 Å². The molecule has 3 aromatic rings. The summed E-state index contributed by atoms with van der Waals surface area (Å²) in [7, 11) is -4.15. The van der Waals surface area contributed by atoms with E-state index >= 15 is 0 Å². The molecule has 36 heavy (non-hydrogen) atoms. The summed E-state index contributed by atoms with van der Waals surface area (Å²) in [5.74, 6) is 0.354. The van der Waals surface area contributed by atoms with Gasteiger partial charge in [0.2, 0.25) is 4.34 Å². The van der Waals surface area contributed by atoms with Crippen LogP contribution in [-0.2, 0) is 22.8 Å². The van der Waals surface area contributed by atoms with Crippen LogP contribution in [0.25, 0.3) is 0 Å². The van der Waals surface area contributed by atoms with Crippen LogP contribution in [0.3, 0.4) is 0 Å². The summed E-state index contributed by atoms with van der Waals surface area (Å²) in [5, 5.41) is 5.59. The van der Waals surface area contributed by atoms with Gasteiger partial charge in [-0.15, -0.1) is 22.0 Å². The smallest absolute Gasteiger partial charge is 0.416 e. The highest BCUT2D eigenvalue weighted by molar-refractivity contribution is 7.94. The van der Waals surface area contributed by atoms with E-state index in [1.165, 1.54) is 0 Å². The Morgan fingerprint density at radius 1 is 1.14 bits per heavy atom. The average Bonchev–Trinajstić information content (AvgIpc) is 3.50. The molecule has 2 heterocycles. The zero-order valence-electron chi connectivity index (χ0n) is 19.4. The number of hydrogen-bond acceptors (Lipinski definition) is 9. The van der Waals surface area contributed by atoms with E-state index in [2.05, 4.69) is 26.6 Å². The fourth-order valence-corrected chi connectivity index (χ4v) is 6.25. The predicted octanol–water partition coefficient (Wildman–Crippen LogP) is 3.93. The summed E-state index contributed by atoms with van der Waals surface area (Å²) in [6.07, 6.45) is -4.64. The molecular formula is C22H23F3N6O3S2. The number of aryl methyl sites for hydroxylation is 1. The lowest BCUT2D eigenvalue weighted by Crippen LogP contribution is -2.37. The van der Waals surface area contributed by atoms with Crippen LogP contribution >= 0.6 is 11.3 Å². The number of anilines is 1. The number of hydrazone groups is 1. The molecule has 0 saturated heterocycles. The van der Waals surface area contributed by atoms with Crippen molar-refractivity contribution in [1.82, 2.24) is 21.5 Å². The lowest BCUT2D eigenvalue weighted by molar-refractivity contribution is -0.137. The highest BCUT2D eigenvalue weighted by atomic mass is 32.2. The van der Waals surface area contributed by atoms with Gasteiger partial charge in [0, 0.05) is 22.7 Å². The molecule has 0 unspecified atom stereocenters. The second-order valence-electron chi connectivity index (χ2n) is 8.14. The van der Waals surface area contributed by atoms with Gasteiger partial charge in [0.1, 0.15) is 12.4 Å². The van der Waals surface area contributed by atoms with Crippen molar-refractivity contribution in [2.45, 2.75) is 43.9 Å². The maximum absolute atomic E-state index is 13.5. The Hall–Kier alpha value is -3.36. The average molecular weight is 541 g/mol. The molecule has 4 rings (SSSR count). The van der Waals surface area contributed by atoms with Gasteiger partial charge in [-0.3, -0.25) is 9.73 Å². The molecule has 0 aliphatic carbocycles. The molecule has 0 saturated carbocycles. The molecule has 0 atom stereocenters. The first-order valence-corrected chi connectivity index (χ1v) is 13.0. The zero-order chi connectivity index (χ0) is 26.1. The Bertz CT molecular complexity index is 1370. The third-order valence-corrected chi connectivity index (χ3v) is 8.44. The van der Waals surface area contributed by atoms with E-state index in [1.54, 1.807) is 50.4 Å². The summed E-state index contributed by atoms with van der Waals surface area (Å²) in [5.41, 5.74) is 8.99. The minimum Gasteiger partial charge on any atom is -0.487 e. The zero-order valence-corrected chi connectivity index (χ0v) is 21.1. The largest absolute Gasteiger partial charge is 0.487 e. The van der Waals surface area contributed by atoms with Gasteiger partial charge < -0.3 is 4.74 Å². The first kappa shape index (κ1) is 25.7. The molecule has 192 valence electrons. The van der Waals surface area contributed by atoms with E-state index < -0.39 is 27.8 Å². The van der Waals surface area contributed by atoms with Crippen LogP contribution in [-0.4, -0.2) is 25.3 Å². The van der Waals surface area contributed by atoms with Crippen LogP contribution in [0.5, 0.6) is 5.75 Å². The lowest BCUT2D eigenvalue weighted by Gasteiger charge is -2.29. The second kappa shape index (κ2) is 9.95. The highest BCUT2D eigenvalue weighted by Crippen LogP contribution is 2.40. The first-order chi connectivity index (χ1) is 17.0. The molecular weight excluding hydrogens is 517 g/mol. The van der Waals surface area contributed by atoms with Gasteiger partial charge in [-0.2, -0.15) is 21.6 Å². The van der Waals surface area contributed by atoms with Crippen molar-refractivity contribution in [1.29, 1.82) is 0 Å².